The predicted molar refractivity (Wildman–Crippen MR) is 76.5 cm³/mol. The van der Waals surface area contributed by atoms with Gasteiger partial charge in [-0.2, -0.15) is 0 Å². The molecule has 2 saturated carbocycles. The van der Waals surface area contributed by atoms with Gasteiger partial charge in [0.15, 0.2) is 5.78 Å². The van der Waals surface area contributed by atoms with Gasteiger partial charge in [-0.1, -0.05) is 55.0 Å². The SMILES string of the molecule is Cc1ccc(/C=C2/C3C4C=CC2(C)C(=O)C43C)cc1. The van der Waals surface area contributed by atoms with Crippen LogP contribution < -0.4 is 0 Å². The van der Waals surface area contributed by atoms with Crippen molar-refractivity contribution in [3.63, 3.8) is 0 Å². The lowest BCUT2D eigenvalue weighted by Crippen LogP contribution is -2.32. The molecule has 0 radical (unpaired) electrons. The van der Waals surface area contributed by atoms with Crippen molar-refractivity contribution in [3.8, 4) is 0 Å². The van der Waals surface area contributed by atoms with E-state index in [2.05, 4.69) is 63.3 Å². The Morgan fingerprint density at radius 1 is 1.16 bits per heavy atom. The van der Waals surface area contributed by atoms with Gasteiger partial charge in [-0.15, -0.1) is 0 Å². The molecular weight excluding hydrogens is 232 g/mol. The number of rotatable bonds is 1. The smallest absolute Gasteiger partial charge is 0.153 e. The molecular formula is C18H18O. The molecule has 19 heavy (non-hydrogen) atoms. The minimum atomic E-state index is -0.348. The maximum Gasteiger partial charge on any atom is 0.153 e. The average Bonchev–Trinajstić information content (AvgIpc) is 2.97. The van der Waals surface area contributed by atoms with Crippen molar-refractivity contribution in [1.29, 1.82) is 0 Å². The number of hydrogen-bond acceptors (Lipinski definition) is 1. The van der Waals surface area contributed by atoms with Gasteiger partial charge in [0, 0.05) is 11.3 Å². The standard InChI is InChI=1S/C18H18O/c1-11-4-6-12(7-5-11)10-14-15-13-8-9-17(14,2)16(19)18(13,15)3/h4-10,13,15H,1-3H3/b14-10-. The Morgan fingerprint density at radius 2 is 1.84 bits per heavy atom. The Bertz CT molecular complexity index is 649. The third-order valence-electron chi connectivity index (χ3n) is 5.52. The number of hydrogen-bond donors (Lipinski definition) is 0. The molecule has 1 aromatic rings. The first kappa shape index (κ1) is 11.2. The topological polar surface area (TPSA) is 17.1 Å². The lowest BCUT2D eigenvalue weighted by molar-refractivity contribution is -0.128. The van der Waals surface area contributed by atoms with Gasteiger partial charge in [0.05, 0.1) is 5.41 Å². The minimum Gasteiger partial charge on any atom is -0.298 e. The molecule has 4 atom stereocenters. The van der Waals surface area contributed by atoms with Crippen LogP contribution in [0.2, 0.25) is 0 Å². The number of allylic oxidation sites excluding steroid dienone is 3. The van der Waals surface area contributed by atoms with Gasteiger partial charge in [0.25, 0.3) is 0 Å². The molecule has 5 rings (SSSR count). The fourth-order valence-electron chi connectivity index (χ4n) is 4.23. The van der Waals surface area contributed by atoms with Gasteiger partial charge in [-0.3, -0.25) is 4.79 Å². The third kappa shape index (κ3) is 1.14. The van der Waals surface area contributed by atoms with Gasteiger partial charge in [-0.25, -0.2) is 0 Å². The van der Waals surface area contributed by atoms with E-state index in [1.165, 1.54) is 16.7 Å². The predicted octanol–water partition coefficient (Wildman–Crippen LogP) is 3.79. The van der Waals surface area contributed by atoms with Gasteiger partial charge < -0.3 is 0 Å². The molecule has 0 aromatic heterocycles. The van der Waals surface area contributed by atoms with E-state index < -0.39 is 0 Å². The summed E-state index contributed by atoms with van der Waals surface area (Å²) in [6.45, 7) is 6.32. The van der Waals surface area contributed by atoms with Crippen molar-refractivity contribution in [2.75, 3.05) is 0 Å². The summed E-state index contributed by atoms with van der Waals surface area (Å²) in [5, 5.41) is 0. The molecule has 0 N–H and O–H groups in total. The number of Topliss-reactive ketones (excluding diaryl/α,β-unsaturated/α-hetero) is 1. The second-order valence-electron chi connectivity index (χ2n) is 6.69. The third-order valence-corrected chi connectivity index (χ3v) is 5.52. The zero-order chi connectivity index (χ0) is 13.4. The van der Waals surface area contributed by atoms with E-state index >= 15 is 0 Å². The minimum absolute atomic E-state index is 0.0972. The molecule has 0 aliphatic heterocycles. The van der Waals surface area contributed by atoms with Crippen LogP contribution in [0, 0.1) is 29.6 Å². The van der Waals surface area contributed by atoms with E-state index in [9.17, 15) is 4.79 Å². The molecule has 2 fully saturated rings. The molecule has 1 aromatic carbocycles. The normalized spacial score (nSPS) is 43.9. The summed E-state index contributed by atoms with van der Waals surface area (Å²) in [5.74, 6) is 1.34. The maximum absolute atomic E-state index is 12.6. The highest BCUT2D eigenvalue weighted by Gasteiger charge is 2.77. The van der Waals surface area contributed by atoms with Gasteiger partial charge in [-0.05, 0) is 30.9 Å². The Balaban J connectivity index is 1.84. The number of ketones is 1. The lowest BCUT2D eigenvalue weighted by Gasteiger charge is -2.30. The first-order chi connectivity index (χ1) is 8.98. The fraction of sp³-hybridized carbons (Fsp3) is 0.389. The van der Waals surface area contributed by atoms with Gasteiger partial charge in [0.2, 0.25) is 0 Å². The van der Waals surface area contributed by atoms with E-state index in [-0.39, 0.29) is 10.8 Å². The van der Waals surface area contributed by atoms with Crippen molar-refractivity contribution in [3.05, 3.63) is 53.1 Å². The van der Waals surface area contributed by atoms with Crippen molar-refractivity contribution in [1.82, 2.24) is 0 Å². The van der Waals surface area contributed by atoms with Crippen LogP contribution in [-0.4, -0.2) is 5.78 Å². The molecule has 4 aliphatic rings. The summed E-state index contributed by atoms with van der Waals surface area (Å²) < 4.78 is 0. The Morgan fingerprint density at radius 3 is 2.42 bits per heavy atom. The summed E-state index contributed by atoms with van der Waals surface area (Å²) in [6, 6.07) is 8.55. The summed E-state index contributed by atoms with van der Waals surface area (Å²) in [7, 11) is 0. The van der Waals surface area contributed by atoms with Crippen LogP contribution in [0.1, 0.15) is 25.0 Å². The molecule has 96 valence electrons. The molecule has 0 saturated heterocycles. The van der Waals surface area contributed by atoms with E-state index in [0.29, 0.717) is 17.6 Å². The van der Waals surface area contributed by atoms with Crippen LogP contribution in [-0.2, 0) is 4.79 Å². The zero-order valence-electron chi connectivity index (χ0n) is 11.6. The van der Waals surface area contributed by atoms with E-state index in [4.69, 9.17) is 0 Å². The Labute approximate surface area is 114 Å². The molecule has 0 amide bonds. The summed E-state index contributed by atoms with van der Waals surface area (Å²) >= 11 is 0. The van der Waals surface area contributed by atoms with E-state index in [1.807, 2.05) is 0 Å². The van der Waals surface area contributed by atoms with Crippen LogP contribution in [0.25, 0.3) is 6.08 Å². The first-order valence-corrected chi connectivity index (χ1v) is 7.01. The molecule has 1 heteroatoms. The number of aryl methyl sites for hydroxylation is 1. The molecule has 0 spiro atoms. The van der Waals surface area contributed by atoms with Crippen molar-refractivity contribution in [2.45, 2.75) is 20.8 Å². The highest BCUT2D eigenvalue weighted by molar-refractivity contribution is 6.05. The van der Waals surface area contributed by atoms with Crippen LogP contribution in [0.3, 0.4) is 0 Å². The largest absolute Gasteiger partial charge is 0.298 e. The van der Waals surface area contributed by atoms with Crippen LogP contribution >= 0.6 is 0 Å². The van der Waals surface area contributed by atoms with Crippen LogP contribution in [0.4, 0.5) is 0 Å². The second kappa shape index (κ2) is 3.09. The van der Waals surface area contributed by atoms with Crippen molar-refractivity contribution >= 4 is 11.9 Å². The molecule has 4 aliphatic carbocycles. The van der Waals surface area contributed by atoms with Crippen molar-refractivity contribution in [2.24, 2.45) is 22.7 Å². The monoisotopic (exact) mass is 250 g/mol. The molecule has 4 unspecified atom stereocenters. The van der Waals surface area contributed by atoms with Crippen LogP contribution in [0.5, 0.6) is 0 Å². The number of carbonyl (C=O) groups is 1. The average molecular weight is 250 g/mol. The molecule has 0 heterocycles. The summed E-state index contributed by atoms with van der Waals surface area (Å²) in [5.41, 5.74) is 3.37. The van der Waals surface area contributed by atoms with E-state index in [1.54, 1.807) is 0 Å². The quantitative estimate of drug-likeness (QED) is 0.693. The second-order valence-corrected chi connectivity index (χ2v) is 6.69. The van der Waals surface area contributed by atoms with Crippen LogP contribution in [0.15, 0.2) is 42.0 Å². The highest BCUT2D eigenvalue weighted by atomic mass is 16.1. The lowest BCUT2D eigenvalue weighted by atomic mass is 9.71. The summed E-state index contributed by atoms with van der Waals surface area (Å²) in [6.07, 6.45) is 6.64. The van der Waals surface area contributed by atoms with Gasteiger partial charge in [0.1, 0.15) is 0 Å². The molecule has 1 nitrogen and oxygen atoms in total. The van der Waals surface area contributed by atoms with Gasteiger partial charge >= 0.3 is 0 Å². The van der Waals surface area contributed by atoms with Crippen molar-refractivity contribution < 1.29 is 4.79 Å². The fourth-order valence-corrected chi connectivity index (χ4v) is 4.23. The van der Waals surface area contributed by atoms with E-state index in [0.717, 1.165) is 0 Å². The first-order valence-electron chi connectivity index (χ1n) is 7.01. The summed E-state index contributed by atoms with van der Waals surface area (Å²) in [4.78, 5) is 12.6. The highest BCUT2D eigenvalue weighted by Crippen LogP contribution is 2.76. The number of carbonyl (C=O) groups excluding carboxylic acids is 1. The molecule has 4 bridgehead atoms. The zero-order valence-corrected chi connectivity index (χ0v) is 11.6. The Kier molecular flexibility index (Phi) is 1.83. The number of benzene rings is 1. The maximum atomic E-state index is 12.6. The Hall–Kier alpha value is -1.63.